The number of rotatable bonds is 4. The van der Waals surface area contributed by atoms with Gasteiger partial charge in [-0.2, -0.15) is 0 Å². The van der Waals surface area contributed by atoms with Crippen LogP contribution in [0.15, 0.2) is 18.5 Å². The van der Waals surface area contributed by atoms with Crippen LogP contribution in [0.5, 0.6) is 0 Å². The van der Waals surface area contributed by atoms with E-state index in [4.69, 9.17) is 11.6 Å². The second-order valence-electron chi connectivity index (χ2n) is 3.54. The van der Waals surface area contributed by atoms with Gasteiger partial charge in [0.25, 0.3) is 0 Å². The summed E-state index contributed by atoms with van der Waals surface area (Å²) in [6, 6.07) is 2.60. The van der Waals surface area contributed by atoms with Crippen LogP contribution in [-0.2, 0) is 5.41 Å². The molecule has 3 heteroatoms. The van der Waals surface area contributed by atoms with Crippen LogP contribution in [-0.4, -0.2) is 17.5 Å². The number of alkyl halides is 1. The molecule has 0 atom stereocenters. The van der Waals surface area contributed by atoms with Crippen LogP contribution in [0.1, 0.15) is 19.4 Å². The zero-order valence-corrected chi connectivity index (χ0v) is 8.28. The molecule has 2 N–H and O–H groups in total. The van der Waals surface area contributed by atoms with Crippen LogP contribution in [0.3, 0.4) is 0 Å². The lowest BCUT2D eigenvalue weighted by molar-refractivity contribution is 0.489. The highest BCUT2D eigenvalue weighted by Gasteiger charge is 2.19. The normalized spacial score (nSPS) is 11.9. The number of hydrogen-bond acceptors (Lipinski definition) is 1. The highest BCUT2D eigenvalue weighted by molar-refractivity contribution is 6.17. The molecule has 1 aromatic heterocycles. The van der Waals surface area contributed by atoms with Gasteiger partial charge in [-0.05, 0) is 11.6 Å². The first-order chi connectivity index (χ1) is 5.67. The van der Waals surface area contributed by atoms with Crippen molar-refractivity contribution in [3.8, 4) is 0 Å². The van der Waals surface area contributed by atoms with Crippen molar-refractivity contribution in [2.75, 3.05) is 12.5 Å². The summed E-state index contributed by atoms with van der Waals surface area (Å²) in [4.78, 5) is 3.05. The number of nitrogens with one attached hydrogen (secondary N) is 2. The average Bonchev–Trinajstić information content (AvgIpc) is 2.53. The molecule has 0 radical (unpaired) electrons. The molecule has 1 aromatic rings. The molecule has 68 valence electrons. The molecule has 0 aliphatic carbocycles. The quantitative estimate of drug-likeness (QED) is 0.547. The van der Waals surface area contributed by atoms with Crippen molar-refractivity contribution in [1.29, 1.82) is 0 Å². The Hall–Kier alpha value is -0.470. The number of aromatic amines is 1. The molecule has 0 amide bonds. The molecule has 12 heavy (non-hydrogen) atoms. The van der Waals surface area contributed by atoms with Crippen molar-refractivity contribution in [2.45, 2.75) is 19.3 Å². The summed E-state index contributed by atoms with van der Waals surface area (Å²) >= 11 is 5.55. The van der Waals surface area contributed by atoms with Gasteiger partial charge in [-0.15, -0.1) is 11.6 Å². The molecular weight excluding hydrogens is 172 g/mol. The highest BCUT2D eigenvalue weighted by Crippen LogP contribution is 2.21. The topological polar surface area (TPSA) is 27.8 Å². The molecule has 0 aliphatic heterocycles. The van der Waals surface area contributed by atoms with Crippen LogP contribution in [0, 0.1) is 0 Å². The largest absolute Gasteiger partial charge is 0.367 e. The first kappa shape index (κ1) is 9.62. The van der Waals surface area contributed by atoms with Crippen LogP contribution in [0.25, 0.3) is 0 Å². The fraction of sp³-hybridized carbons (Fsp3) is 0.556. The zero-order chi connectivity index (χ0) is 9.03. The predicted octanol–water partition coefficient (Wildman–Crippen LogP) is 2.08. The van der Waals surface area contributed by atoms with Gasteiger partial charge in [0.15, 0.2) is 0 Å². The summed E-state index contributed by atoms with van der Waals surface area (Å²) in [5.74, 6) is 0. The first-order valence-electron chi connectivity index (χ1n) is 4.07. The fourth-order valence-corrected chi connectivity index (χ4v) is 1.30. The van der Waals surface area contributed by atoms with Gasteiger partial charge < -0.3 is 10.3 Å². The van der Waals surface area contributed by atoms with E-state index in [1.807, 2.05) is 12.4 Å². The number of aromatic nitrogens is 1. The third-order valence-corrected chi connectivity index (χ3v) is 2.23. The Balaban J connectivity index is 2.59. The summed E-state index contributed by atoms with van der Waals surface area (Å²) in [6.07, 6.45) is 3.97. The monoisotopic (exact) mass is 186 g/mol. The van der Waals surface area contributed by atoms with Gasteiger partial charge in [-0.1, -0.05) is 13.8 Å². The van der Waals surface area contributed by atoms with E-state index in [9.17, 15) is 0 Å². The smallest absolute Gasteiger partial charge is 0.0713 e. The Morgan fingerprint density at radius 1 is 1.58 bits per heavy atom. The van der Waals surface area contributed by atoms with Gasteiger partial charge in [0.05, 0.1) is 6.00 Å². The Morgan fingerprint density at radius 3 is 2.83 bits per heavy atom. The van der Waals surface area contributed by atoms with E-state index in [0.717, 1.165) is 6.54 Å². The maximum atomic E-state index is 5.55. The molecule has 0 aromatic carbocycles. The lowest BCUT2D eigenvalue weighted by Gasteiger charge is -2.23. The lowest BCUT2D eigenvalue weighted by Crippen LogP contribution is -2.31. The Bertz CT molecular complexity index is 216. The fourth-order valence-electron chi connectivity index (χ4n) is 1.21. The maximum Gasteiger partial charge on any atom is 0.0713 e. The molecule has 0 aliphatic rings. The van der Waals surface area contributed by atoms with Crippen LogP contribution >= 0.6 is 11.6 Å². The van der Waals surface area contributed by atoms with Crippen molar-refractivity contribution in [3.63, 3.8) is 0 Å². The van der Waals surface area contributed by atoms with Gasteiger partial charge in [-0.3, -0.25) is 0 Å². The number of H-pyrrole nitrogens is 1. The Kier molecular flexibility index (Phi) is 3.18. The SMILES string of the molecule is CC(C)(CNCCl)c1cc[nH]c1. The van der Waals surface area contributed by atoms with E-state index in [1.54, 1.807) is 0 Å². The molecule has 0 saturated heterocycles. The number of halogens is 1. The van der Waals surface area contributed by atoms with Crippen molar-refractivity contribution in [1.82, 2.24) is 10.3 Å². The van der Waals surface area contributed by atoms with E-state index in [2.05, 4.69) is 30.2 Å². The summed E-state index contributed by atoms with van der Waals surface area (Å²) in [5, 5.41) is 3.13. The van der Waals surface area contributed by atoms with E-state index < -0.39 is 0 Å². The molecule has 0 spiro atoms. The molecule has 0 unspecified atom stereocenters. The molecule has 0 fully saturated rings. The Labute approximate surface area is 78.3 Å². The van der Waals surface area contributed by atoms with Crippen LogP contribution < -0.4 is 5.32 Å². The minimum absolute atomic E-state index is 0.148. The van der Waals surface area contributed by atoms with Crippen LogP contribution in [0.4, 0.5) is 0 Å². The van der Waals surface area contributed by atoms with E-state index in [0.29, 0.717) is 6.00 Å². The lowest BCUT2D eigenvalue weighted by atomic mass is 9.87. The van der Waals surface area contributed by atoms with Crippen molar-refractivity contribution < 1.29 is 0 Å². The van der Waals surface area contributed by atoms with Gasteiger partial charge in [0.2, 0.25) is 0 Å². The molecular formula is C9H15ClN2. The van der Waals surface area contributed by atoms with Crippen LogP contribution in [0.2, 0.25) is 0 Å². The van der Waals surface area contributed by atoms with Gasteiger partial charge >= 0.3 is 0 Å². The van der Waals surface area contributed by atoms with E-state index >= 15 is 0 Å². The predicted molar refractivity (Wildman–Crippen MR) is 52.5 cm³/mol. The zero-order valence-electron chi connectivity index (χ0n) is 7.52. The van der Waals surface area contributed by atoms with Crippen molar-refractivity contribution >= 4 is 11.6 Å². The molecule has 1 heterocycles. The summed E-state index contributed by atoms with van der Waals surface area (Å²) < 4.78 is 0. The number of hydrogen-bond donors (Lipinski definition) is 2. The summed E-state index contributed by atoms with van der Waals surface area (Å²) in [7, 11) is 0. The highest BCUT2D eigenvalue weighted by atomic mass is 35.5. The minimum Gasteiger partial charge on any atom is -0.367 e. The summed E-state index contributed by atoms with van der Waals surface area (Å²) in [6.45, 7) is 5.28. The van der Waals surface area contributed by atoms with Crippen molar-refractivity contribution in [2.24, 2.45) is 0 Å². The van der Waals surface area contributed by atoms with Gasteiger partial charge in [-0.25, -0.2) is 0 Å². The molecule has 0 bridgehead atoms. The van der Waals surface area contributed by atoms with Crippen molar-refractivity contribution in [3.05, 3.63) is 24.0 Å². The summed E-state index contributed by atoms with van der Waals surface area (Å²) in [5.41, 5.74) is 1.45. The van der Waals surface area contributed by atoms with E-state index in [-0.39, 0.29) is 5.41 Å². The third-order valence-electron chi connectivity index (χ3n) is 2.04. The standard InChI is InChI=1S/C9H15ClN2/c1-9(2,6-12-7-10)8-3-4-11-5-8/h3-5,11-12H,6-7H2,1-2H3. The van der Waals surface area contributed by atoms with Gasteiger partial charge in [0.1, 0.15) is 0 Å². The maximum absolute atomic E-state index is 5.55. The second-order valence-corrected chi connectivity index (χ2v) is 3.81. The Morgan fingerprint density at radius 2 is 2.33 bits per heavy atom. The average molecular weight is 187 g/mol. The van der Waals surface area contributed by atoms with Gasteiger partial charge in [0, 0.05) is 24.4 Å². The minimum atomic E-state index is 0.148. The molecule has 2 nitrogen and oxygen atoms in total. The van der Waals surface area contributed by atoms with E-state index in [1.165, 1.54) is 5.56 Å². The second kappa shape index (κ2) is 3.97. The molecule has 0 saturated carbocycles. The first-order valence-corrected chi connectivity index (χ1v) is 4.60. The third kappa shape index (κ3) is 2.26. The molecule has 1 rings (SSSR count).